The van der Waals surface area contributed by atoms with Gasteiger partial charge in [-0.1, -0.05) is 12.5 Å². The van der Waals surface area contributed by atoms with Gasteiger partial charge in [-0.05, 0) is 37.5 Å². The Labute approximate surface area is 117 Å². The predicted octanol–water partition coefficient (Wildman–Crippen LogP) is 2.53. The van der Waals surface area contributed by atoms with Gasteiger partial charge in [0.1, 0.15) is 0 Å². The first-order valence-corrected chi connectivity index (χ1v) is 6.78. The van der Waals surface area contributed by atoms with E-state index in [1.165, 1.54) is 7.11 Å². The molecule has 1 aromatic rings. The topological polar surface area (TPSA) is 75.6 Å². The third kappa shape index (κ3) is 3.50. The van der Waals surface area contributed by atoms with Gasteiger partial charge in [0.25, 0.3) is 0 Å². The van der Waals surface area contributed by atoms with Crippen LogP contribution in [0.2, 0.25) is 0 Å². The van der Waals surface area contributed by atoms with Crippen LogP contribution >= 0.6 is 0 Å². The molecule has 5 heteroatoms. The molecule has 2 N–H and O–H groups in total. The van der Waals surface area contributed by atoms with Crippen LogP contribution in [0.3, 0.4) is 0 Å². The van der Waals surface area contributed by atoms with E-state index >= 15 is 0 Å². The summed E-state index contributed by atoms with van der Waals surface area (Å²) in [5.41, 5.74) is 1.31. The molecule has 1 fully saturated rings. The van der Waals surface area contributed by atoms with Crippen molar-refractivity contribution in [3.8, 4) is 0 Å². The van der Waals surface area contributed by atoms with Crippen molar-refractivity contribution in [3.05, 3.63) is 29.8 Å². The summed E-state index contributed by atoms with van der Waals surface area (Å²) in [5.74, 6) is -1.37. The van der Waals surface area contributed by atoms with Crippen LogP contribution in [0.4, 0.5) is 5.69 Å². The summed E-state index contributed by atoms with van der Waals surface area (Å²) < 4.78 is 4.69. The van der Waals surface area contributed by atoms with Gasteiger partial charge in [0.05, 0.1) is 18.6 Å². The number of carboxylic acids is 1. The quantitative estimate of drug-likeness (QED) is 0.827. The predicted molar refractivity (Wildman–Crippen MR) is 74.8 cm³/mol. The standard InChI is InChI=1S/C15H19NO4/c1-20-15(19)11-5-3-7-13(9-11)16-12-6-2-4-10(8-12)14(17)18/h3,5,7,9-10,12,16H,2,4,6,8H2,1H3,(H,17,18). The van der Waals surface area contributed by atoms with E-state index in [1.54, 1.807) is 18.2 Å². The number of hydrogen-bond acceptors (Lipinski definition) is 4. The minimum absolute atomic E-state index is 0.137. The van der Waals surface area contributed by atoms with Gasteiger partial charge in [-0.25, -0.2) is 4.79 Å². The Morgan fingerprint density at radius 1 is 1.35 bits per heavy atom. The zero-order valence-electron chi connectivity index (χ0n) is 11.5. The minimum atomic E-state index is -0.722. The average molecular weight is 277 g/mol. The second-order valence-corrected chi connectivity index (χ2v) is 5.12. The zero-order valence-corrected chi connectivity index (χ0v) is 11.5. The van der Waals surface area contributed by atoms with E-state index in [0.29, 0.717) is 12.0 Å². The Balaban J connectivity index is 2.02. The number of ether oxygens (including phenoxy) is 1. The lowest BCUT2D eigenvalue weighted by Gasteiger charge is -2.28. The normalized spacial score (nSPS) is 22.1. The Bertz CT molecular complexity index is 500. The molecule has 0 saturated heterocycles. The first-order chi connectivity index (χ1) is 9.60. The molecular weight excluding hydrogens is 258 g/mol. The van der Waals surface area contributed by atoms with E-state index in [2.05, 4.69) is 10.1 Å². The molecule has 0 aromatic heterocycles. The number of esters is 1. The molecule has 2 atom stereocenters. The summed E-state index contributed by atoms with van der Waals surface area (Å²) in [6.45, 7) is 0. The summed E-state index contributed by atoms with van der Waals surface area (Å²) in [6, 6.07) is 7.22. The number of carboxylic acid groups (broad SMARTS) is 1. The number of rotatable bonds is 4. The monoisotopic (exact) mass is 277 g/mol. The summed E-state index contributed by atoms with van der Waals surface area (Å²) in [7, 11) is 1.35. The molecule has 0 radical (unpaired) electrons. The van der Waals surface area contributed by atoms with Crippen LogP contribution in [0.5, 0.6) is 0 Å². The highest BCUT2D eigenvalue weighted by molar-refractivity contribution is 5.90. The molecule has 0 bridgehead atoms. The lowest BCUT2D eigenvalue weighted by molar-refractivity contribution is -0.142. The minimum Gasteiger partial charge on any atom is -0.481 e. The van der Waals surface area contributed by atoms with Crippen molar-refractivity contribution in [2.45, 2.75) is 31.7 Å². The van der Waals surface area contributed by atoms with Crippen LogP contribution in [-0.2, 0) is 9.53 Å². The first-order valence-electron chi connectivity index (χ1n) is 6.78. The molecule has 2 unspecified atom stereocenters. The highest BCUT2D eigenvalue weighted by Gasteiger charge is 2.26. The molecule has 108 valence electrons. The Kier molecular flexibility index (Phi) is 4.61. The maximum Gasteiger partial charge on any atom is 0.337 e. The van der Waals surface area contributed by atoms with E-state index in [1.807, 2.05) is 6.07 Å². The maximum atomic E-state index is 11.5. The maximum absolute atomic E-state index is 11.5. The molecule has 1 aliphatic carbocycles. The van der Waals surface area contributed by atoms with Gasteiger partial charge in [-0.15, -0.1) is 0 Å². The third-order valence-electron chi connectivity index (χ3n) is 3.68. The summed E-state index contributed by atoms with van der Waals surface area (Å²) >= 11 is 0. The van der Waals surface area contributed by atoms with Crippen molar-refractivity contribution < 1.29 is 19.4 Å². The van der Waals surface area contributed by atoms with Crippen LogP contribution in [0.15, 0.2) is 24.3 Å². The second-order valence-electron chi connectivity index (χ2n) is 5.12. The molecule has 20 heavy (non-hydrogen) atoms. The smallest absolute Gasteiger partial charge is 0.337 e. The number of anilines is 1. The van der Waals surface area contributed by atoms with E-state index in [-0.39, 0.29) is 17.9 Å². The van der Waals surface area contributed by atoms with Crippen molar-refractivity contribution in [2.75, 3.05) is 12.4 Å². The zero-order chi connectivity index (χ0) is 14.5. The lowest BCUT2D eigenvalue weighted by Crippen LogP contribution is -2.30. The number of carbonyl (C=O) groups excluding carboxylic acids is 1. The molecule has 2 rings (SSSR count). The van der Waals surface area contributed by atoms with Gasteiger partial charge < -0.3 is 15.2 Å². The summed E-state index contributed by atoms with van der Waals surface area (Å²) in [4.78, 5) is 22.5. The summed E-state index contributed by atoms with van der Waals surface area (Å²) in [5, 5.41) is 12.4. The van der Waals surface area contributed by atoms with Crippen molar-refractivity contribution in [2.24, 2.45) is 5.92 Å². The average Bonchev–Trinajstić information content (AvgIpc) is 2.47. The molecular formula is C15H19NO4. The molecule has 0 aliphatic heterocycles. The number of benzene rings is 1. The number of carbonyl (C=O) groups is 2. The molecule has 0 spiro atoms. The highest BCUT2D eigenvalue weighted by atomic mass is 16.5. The molecule has 1 aromatic carbocycles. The van der Waals surface area contributed by atoms with Crippen LogP contribution in [-0.4, -0.2) is 30.2 Å². The van der Waals surface area contributed by atoms with E-state index in [9.17, 15) is 9.59 Å². The molecule has 1 saturated carbocycles. The van der Waals surface area contributed by atoms with Crippen molar-refractivity contribution in [1.29, 1.82) is 0 Å². The number of nitrogens with one attached hydrogen (secondary N) is 1. The first kappa shape index (κ1) is 14.4. The fourth-order valence-corrected chi connectivity index (χ4v) is 2.63. The fraction of sp³-hybridized carbons (Fsp3) is 0.467. The van der Waals surface area contributed by atoms with Crippen LogP contribution < -0.4 is 5.32 Å². The molecule has 5 nitrogen and oxygen atoms in total. The van der Waals surface area contributed by atoms with E-state index < -0.39 is 5.97 Å². The van der Waals surface area contributed by atoms with Crippen LogP contribution in [0.1, 0.15) is 36.0 Å². The molecule has 0 heterocycles. The SMILES string of the molecule is COC(=O)c1cccc(NC2CCCC(C(=O)O)C2)c1. The lowest BCUT2D eigenvalue weighted by atomic mass is 9.85. The number of methoxy groups -OCH3 is 1. The Morgan fingerprint density at radius 3 is 2.85 bits per heavy atom. The largest absolute Gasteiger partial charge is 0.481 e. The van der Waals surface area contributed by atoms with Gasteiger partial charge in [-0.3, -0.25) is 4.79 Å². The fourth-order valence-electron chi connectivity index (χ4n) is 2.63. The van der Waals surface area contributed by atoms with Gasteiger partial charge in [0.15, 0.2) is 0 Å². The second kappa shape index (κ2) is 6.41. The third-order valence-corrected chi connectivity index (χ3v) is 3.68. The van der Waals surface area contributed by atoms with E-state index in [4.69, 9.17) is 5.11 Å². The van der Waals surface area contributed by atoms with Crippen molar-refractivity contribution in [1.82, 2.24) is 0 Å². The molecule has 1 aliphatic rings. The van der Waals surface area contributed by atoms with Gasteiger partial charge in [-0.2, -0.15) is 0 Å². The highest BCUT2D eigenvalue weighted by Crippen LogP contribution is 2.27. The van der Waals surface area contributed by atoms with Gasteiger partial charge >= 0.3 is 11.9 Å². The molecule has 0 amide bonds. The van der Waals surface area contributed by atoms with Crippen molar-refractivity contribution >= 4 is 17.6 Å². The van der Waals surface area contributed by atoms with Gasteiger partial charge in [0, 0.05) is 11.7 Å². The Morgan fingerprint density at radius 2 is 2.15 bits per heavy atom. The summed E-state index contributed by atoms with van der Waals surface area (Å²) in [6.07, 6.45) is 3.23. The Hall–Kier alpha value is -2.04. The number of aliphatic carboxylic acids is 1. The van der Waals surface area contributed by atoms with Gasteiger partial charge in [0.2, 0.25) is 0 Å². The van der Waals surface area contributed by atoms with E-state index in [0.717, 1.165) is 24.9 Å². The van der Waals surface area contributed by atoms with Crippen LogP contribution in [0, 0.1) is 5.92 Å². The van der Waals surface area contributed by atoms with Crippen LogP contribution in [0.25, 0.3) is 0 Å². The number of hydrogen-bond donors (Lipinski definition) is 2. The van der Waals surface area contributed by atoms with Crippen molar-refractivity contribution in [3.63, 3.8) is 0 Å².